The van der Waals surface area contributed by atoms with E-state index in [4.69, 9.17) is 13.0 Å². The van der Waals surface area contributed by atoms with Crippen molar-refractivity contribution < 1.29 is 52.3 Å². The van der Waals surface area contributed by atoms with Gasteiger partial charge in [0, 0.05) is 26.2 Å². The fraction of sp³-hybridized carbons (Fsp3) is 1.00. The topological polar surface area (TPSA) is 57.2 Å². The minimum atomic E-state index is -6.09. The third-order valence-corrected chi connectivity index (χ3v) is 3.35. The summed E-state index contributed by atoms with van der Waals surface area (Å²) in [5.74, 6) is 0. The molecule has 0 bridgehead atoms. The van der Waals surface area contributed by atoms with Crippen molar-refractivity contribution in [1.82, 2.24) is 0 Å². The van der Waals surface area contributed by atoms with Gasteiger partial charge in [-0.1, -0.05) is 64.2 Å². The second kappa shape index (κ2) is 11.3. The molecule has 19 heavy (non-hydrogen) atoms. The van der Waals surface area contributed by atoms with Crippen LogP contribution in [0, 0.1) is 0 Å². The van der Waals surface area contributed by atoms with Gasteiger partial charge in [-0.3, -0.25) is 0 Å². The van der Waals surface area contributed by atoms with Gasteiger partial charge in [-0.05, 0) is 0 Å². The summed E-state index contributed by atoms with van der Waals surface area (Å²) >= 11 is 0. The number of hydrogen-bond acceptors (Lipinski definition) is 3. The zero-order chi connectivity index (χ0) is 14.1. The standard InChI is InChI=1S/2C5H10.CHF3O3S.Zr/c2*1-2-4-5-3-1;2-1(3,4)8(5,6)7;/h2*1-5H2;(H,5,6,7);/p-1. The van der Waals surface area contributed by atoms with Crippen LogP contribution in [0.2, 0.25) is 0 Å². The predicted octanol–water partition coefficient (Wildman–Crippen LogP) is 3.95. The zero-order valence-corrected chi connectivity index (χ0v) is 14.1. The first kappa shape index (κ1) is 21.9. The SMILES string of the molecule is C1CCCC1.C1CCCC1.O=S(=O)([O-])C(F)(F)F.[Zr]. The minimum Gasteiger partial charge on any atom is -0.741 e. The normalized spacial score (nSPS) is 18.5. The molecular weight excluding hydrogens is 360 g/mol. The van der Waals surface area contributed by atoms with Crippen LogP contribution in [0.1, 0.15) is 64.2 Å². The van der Waals surface area contributed by atoms with Crippen molar-refractivity contribution in [3.8, 4) is 0 Å². The van der Waals surface area contributed by atoms with Crippen LogP contribution < -0.4 is 0 Å². The van der Waals surface area contributed by atoms with E-state index in [9.17, 15) is 13.2 Å². The maximum Gasteiger partial charge on any atom is 0.485 e. The Morgan fingerprint density at radius 1 is 0.684 bits per heavy atom. The van der Waals surface area contributed by atoms with Crippen molar-refractivity contribution in [2.75, 3.05) is 0 Å². The summed E-state index contributed by atoms with van der Waals surface area (Å²) in [6.45, 7) is 0. The molecule has 0 aliphatic heterocycles. The average Bonchev–Trinajstić information content (AvgIpc) is 2.95. The van der Waals surface area contributed by atoms with Crippen molar-refractivity contribution in [2.24, 2.45) is 0 Å². The summed E-state index contributed by atoms with van der Waals surface area (Å²) in [5.41, 5.74) is -5.65. The van der Waals surface area contributed by atoms with Gasteiger partial charge in [0.2, 0.25) is 0 Å². The maximum absolute atomic E-state index is 10.7. The zero-order valence-electron chi connectivity index (χ0n) is 10.8. The van der Waals surface area contributed by atoms with Crippen molar-refractivity contribution in [3.05, 3.63) is 0 Å². The van der Waals surface area contributed by atoms with Crippen LogP contribution in [0.4, 0.5) is 13.2 Å². The van der Waals surface area contributed by atoms with E-state index in [-0.39, 0.29) is 26.2 Å². The first-order valence-electron chi connectivity index (χ1n) is 6.27. The van der Waals surface area contributed by atoms with E-state index in [2.05, 4.69) is 0 Å². The molecule has 2 aliphatic rings. The van der Waals surface area contributed by atoms with Crippen LogP contribution >= 0.6 is 0 Å². The fourth-order valence-corrected chi connectivity index (χ4v) is 1.77. The molecule has 0 spiro atoms. The number of alkyl halides is 3. The minimum absolute atomic E-state index is 0. The summed E-state index contributed by atoms with van der Waals surface area (Å²) in [7, 11) is -6.09. The van der Waals surface area contributed by atoms with Gasteiger partial charge < -0.3 is 4.55 Å². The second-order valence-electron chi connectivity index (χ2n) is 4.44. The van der Waals surface area contributed by atoms with Gasteiger partial charge in [-0.2, -0.15) is 13.2 Å². The molecule has 2 aliphatic carbocycles. The molecule has 0 heterocycles. The van der Waals surface area contributed by atoms with Crippen molar-refractivity contribution >= 4 is 10.1 Å². The van der Waals surface area contributed by atoms with Crippen LogP contribution in [0.15, 0.2) is 0 Å². The second-order valence-corrected chi connectivity index (χ2v) is 5.81. The molecule has 114 valence electrons. The third kappa shape index (κ3) is 13.3. The summed E-state index contributed by atoms with van der Waals surface area (Å²) in [4.78, 5) is 0. The average molecular weight is 381 g/mol. The summed E-state index contributed by atoms with van der Waals surface area (Å²) < 4.78 is 58.9. The molecule has 0 N–H and O–H groups in total. The molecule has 0 aromatic heterocycles. The van der Waals surface area contributed by atoms with E-state index in [1.165, 1.54) is 64.2 Å². The van der Waals surface area contributed by atoms with Gasteiger partial charge in [0.05, 0.1) is 0 Å². The molecular formula is C11H20F3O3SZr-. The monoisotopic (exact) mass is 379 g/mol. The first-order valence-corrected chi connectivity index (χ1v) is 7.68. The Balaban J connectivity index is 0. The molecule has 2 fully saturated rings. The molecule has 3 nitrogen and oxygen atoms in total. The molecule has 0 aromatic carbocycles. The maximum atomic E-state index is 10.7. The molecule has 0 atom stereocenters. The summed E-state index contributed by atoms with van der Waals surface area (Å²) in [6.07, 6.45) is 15.0. The molecule has 0 saturated heterocycles. The Hall–Kier alpha value is 0.583. The van der Waals surface area contributed by atoms with E-state index in [0.717, 1.165) is 0 Å². The quantitative estimate of drug-likeness (QED) is 0.472. The van der Waals surface area contributed by atoms with Gasteiger partial charge in [-0.15, -0.1) is 0 Å². The van der Waals surface area contributed by atoms with Gasteiger partial charge in [0.25, 0.3) is 0 Å². The van der Waals surface area contributed by atoms with Crippen molar-refractivity contribution in [2.45, 2.75) is 69.7 Å². The number of hydrogen-bond donors (Lipinski definition) is 0. The Morgan fingerprint density at radius 2 is 0.789 bits per heavy atom. The Kier molecular flexibility index (Phi) is 13.0. The van der Waals surface area contributed by atoms with E-state index in [1.54, 1.807) is 0 Å². The Bertz CT molecular complexity index is 272. The van der Waals surface area contributed by atoms with E-state index in [0.29, 0.717) is 0 Å². The largest absolute Gasteiger partial charge is 0.741 e. The predicted molar refractivity (Wildman–Crippen MR) is 61.9 cm³/mol. The number of rotatable bonds is 0. The molecule has 8 heteroatoms. The molecule has 0 amide bonds. The first-order chi connectivity index (χ1) is 8.25. The summed E-state index contributed by atoms with van der Waals surface area (Å²) in [6, 6.07) is 0. The van der Waals surface area contributed by atoms with Crippen molar-refractivity contribution in [1.29, 1.82) is 0 Å². The molecule has 0 aromatic rings. The van der Waals surface area contributed by atoms with Gasteiger partial charge >= 0.3 is 5.51 Å². The smallest absolute Gasteiger partial charge is 0.485 e. The Labute approximate surface area is 132 Å². The van der Waals surface area contributed by atoms with E-state index < -0.39 is 15.6 Å². The molecule has 2 rings (SSSR count). The van der Waals surface area contributed by atoms with E-state index in [1.807, 2.05) is 0 Å². The van der Waals surface area contributed by atoms with Crippen LogP contribution in [0.3, 0.4) is 0 Å². The third-order valence-electron chi connectivity index (χ3n) is 2.78. The van der Waals surface area contributed by atoms with Crippen LogP contribution in [0.25, 0.3) is 0 Å². The number of halogens is 3. The molecule has 0 radical (unpaired) electrons. The Morgan fingerprint density at radius 3 is 0.842 bits per heavy atom. The van der Waals surface area contributed by atoms with Gasteiger partial charge in [0.15, 0.2) is 10.1 Å². The van der Waals surface area contributed by atoms with Gasteiger partial charge in [-0.25, -0.2) is 8.42 Å². The van der Waals surface area contributed by atoms with Crippen molar-refractivity contribution in [3.63, 3.8) is 0 Å². The molecule has 0 unspecified atom stereocenters. The summed E-state index contributed by atoms with van der Waals surface area (Å²) in [5, 5.41) is 0. The van der Waals surface area contributed by atoms with E-state index >= 15 is 0 Å². The van der Waals surface area contributed by atoms with Crippen LogP contribution in [-0.2, 0) is 36.3 Å². The fourth-order valence-electron chi connectivity index (χ4n) is 1.77. The molecule has 2 saturated carbocycles. The van der Waals surface area contributed by atoms with Crippen LogP contribution in [-0.4, -0.2) is 18.5 Å². The van der Waals surface area contributed by atoms with Crippen LogP contribution in [0.5, 0.6) is 0 Å². The van der Waals surface area contributed by atoms with Gasteiger partial charge in [0.1, 0.15) is 0 Å².